The average molecular weight is 239 g/mol. The van der Waals surface area contributed by atoms with Gasteiger partial charge in [0.25, 0.3) is 0 Å². The second-order valence-corrected chi connectivity index (χ2v) is 5.76. The summed E-state index contributed by atoms with van der Waals surface area (Å²) in [7, 11) is 2.20. The molecule has 1 aliphatic rings. The number of aromatic nitrogens is 1. The summed E-state index contributed by atoms with van der Waals surface area (Å²) >= 11 is 1.84. The molecule has 1 unspecified atom stereocenters. The summed E-state index contributed by atoms with van der Waals surface area (Å²) < 4.78 is 0. The molecule has 2 heterocycles. The molecule has 1 aromatic rings. The number of thiazole rings is 1. The van der Waals surface area contributed by atoms with Crippen molar-refractivity contribution >= 4 is 11.3 Å². The molecule has 2 rings (SSSR count). The lowest BCUT2D eigenvalue weighted by atomic mass is 10.1. The third-order valence-corrected chi connectivity index (χ3v) is 4.23. The predicted octanol–water partition coefficient (Wildman–Crippen LogP) is 1.89. The van der Waals surface area contributed by atoms with E-state index in [1.165, 1.54) is 35.8 Å². The van der Waals surface area contributed by atoms with Crippen molar-refractivity contribution in [2.24, 2.45) is 0 Å². The monoisotopic (exact) mass is 239 g/mol. The van der Waals surface area contributed by atoms with Crippen molar-refractivity contribution in [2.45, 2.75) is 38.8 Å². The van der Waals surface area contributed by atoms with E-state index in [2.05, 4.69) is 29.2 Å². The topological polar surface area (TPSA) is 28.2 Å². The summed E-state index contributed by atoms with van der Waals surface area (Å²) in [6.07, 6.45) is 5.70. The highest BCUT2D eigenvalue weighted by Gasteiger charge is 2.16. The maximum atomic E-state index is 4.38. The molecule has 0 bridgehead atoms. The number of likely N-dealkylation sites (tertiary alicyclic amines) is 1. The van der Waals surface area contributed by atoms with Gasteiger partial charge in [-0.1, -0.05) is 6.92 Å². The molecule has 0 aliphatic carbocycles. The minimum Gasteiger partial charge on any atom is -0.308 e. The van der Waals surface area contributed by atoms with E-state index in [0.29, 0.717) is 6.04 Å². The second-order valence-electron chi connectivity index (χ2n) is 4.56. The van der Waals surface area contributed by atoms with Crippen LogP contribution in [-0.2, 0) is 13.0 Å². The Morgan fingerprint density at radius 1 is 1.62 bits per heavy atom. The highest BCUT2D eigenvalue weighted by Crippen LogP contribution is 2.14. The molecular formula is C12H21N3S. The van der Waals surface area contributed by atoms with Crippen LogP contribution in [0, 0.1) is 0 Å². The van der Waals surface area contributed by atoms with Crippen LogP contribution in [0.1, 0.15) is 29.7 Å². The van der Waals surface area contributed by atoms with Gasteiger partial charge in [0.05, 0.1) is 5.01 Å². The quantitative estimate of drug-likeness (QED) is 0.869. The lowest BCUT2D eigenvalue weighted by Crippen LogP contribution is -2.43. The number of aryl methyl sites for hydroxylation is 1. The second kappa shape index (κ2) is 5.75. The van der Waals surface area contributed by atoms with E-state index in [-0.39, 0.29) is 0 Å². The molecule has 1 aromatic heterocycles. The number of likely N-dealkylation sites (N-methyl/N-ethyl adjacent to an activating group) is 1. The highest BCUT2D eigenvalue weighted by molar-refractivity contribution is 7.11. The highest BCUT2D eigenvalue weighted by atomic mass is 32.1. The Hall–Kier alpha value is -0.450. The van der Waals surface area contributed by atoms with Crippen LogP contribution < -0.4 is 5.32 Å². The average Bonchev–Trinajstić information content (AvgIpc) is 2.74. The van der Waals surface area contributed by atoms with Gasteiger partial charge < -0.3 is 10.2 Å². The first-order valence-electron chi connectivity index (χ1n) is 6.13. The number of hydrogen-bond acceptors (Lipinski definition) is 4. The van der Waals surface area contributed by atoms with E-state index in [1.807, 2.05) is 17.5 Å². The van der Waals surface area contributed by atoms with Crippen LogP contribution in [0.25, 0.3) is 0 Å². The van der Waals surface area contributed by atoms with Crippen LogP contribution in [0.3, 0.4) is 0 Å². The minimum atomic E-state index is 0.658. The first-order valence-corrected chi connectivity index (χ1v) is 6.95. The first kappa shape index (κ1) is 12.0. The summed E-state index contributed by atoms with van der Waals surface area (Å²) in [5.41, 5.74) is 0. The molecular weight excluding hydrogens is 218 g/mol. The van der Waals surface area contributed by atoms with Crippen molar-refractivity contribution < 1.29 is 0 Å². The van der Waals surface area contributed by atoms with Crippen molar-refractivity contribution in [1.82, 2.24) is 15.2 Å². The molecule has 0 spiro atoms. The maximum Gasteiger partial charge on any atom is 0.0925 e. The summed E-state index contributed by atoms with van der Waals surface area (Å²) in [5, 5.41) is 4.88. The van der Waals surface area contributed by atoms with Crippen LogP contribution >= 0.6 is 11.3 Å². The van der Waals surface area contributed by atoms with Crippen LogP contribution in [0.5, 0.6) is 0 Å². The van der Waals surface area contributed by atoms with E-state index in [4.69, 9.17) is 0 Å². The lowest BCUT2D eigenvalue weighted by molar-refractivity contribution is 0.227. The molecule has 90 valence electrons. The molecule has 1 atom stereocenters. The van der Waals surface area contributed by atoms with Gasteiger partial charge in [-0.2, -0.15) is 0 Å². The fourth-order valence-corrected chi connectivity index (χ4v) is 2.98. The molecule has 1 N–H and O–H groups in total. The third kappa shape index (κ3) is 3.27. The van der Waals surface area contributed by atoms with Crippen molar-refractivity contribution in [3.8, 4) is 0 Å². The molecule has 1 fully saturated rings. The largest absolute Gasteiger partial charge is 0.308 e. The van der Waals surface area contributed by atoms with Crippen LogP contribution in [0.2, 0.25) is 0 Å². The summed E-state index contributed by atoms with van der Waals surface area (Å²) in [5.74, 6) is 0. The van der Waals surface area contributed by atoms with E-state index in [0.717, 1.165) is 13.0 Å². The number of piperidine rings is 1. The standard InChI is InChI=1S/C12H21N3S/c1-3-12-14-8-11(16-12)7-13-10-5-4-6-15(2)9-10/h8,10,13H,3-7,9H2,1-2H3. The van der Waals surface area contributed by atoms with Crippen molar-refractivity contribution in [2.75, 3.05) is 20.1 Å². The number of nitrogens with one attached hydrogen (secondary N) is 1. The Kier molecular flexibility index (Phi) is 4.32. The third-order valence-electron chi connectivity index (χ3n) is 3.09. The fourth-order valence-electron chi connectivity index (χ4n) is 2.17. The number of hydrogen-bond donors (Lipinski definition) is 1. The van der Waals surface area contributed by atoms with Crippen LogP contribution in [0.15, 0.2) is 6.20 Å². The van der Waals surface area contributed by atoms with Crippen molar-refractivity contribution in [3.05, 3.63) is 16.1 Å². The number of nitrogens with zero attached hydrogens (tertiary/aromatic N) is 2. The molecule has 0 saturated carbocycles. The Labute approximate surface area is 102 Å². The Balaban J connectivity index is 1.78. The van der Waals surface area contributed by atoms with E-state index >= 15 is 0 Å². The molecule has 1 aliphatic heterocycles. The molecule has 3 nitrogen and oxygen atoms in total. The minimum absolute atomic E-state index is 0.658. The van der Waals surface area contributed by atoms with Crippen molar-refractivity contribution in [1.29, 1.82) is 0 Å². The Morgan fingerprint density at radius 2 is 2.50 bits per heavy atom. The zero-order valence-electron chi connectivity index (χ0n) is 10.2. The number of rotatable bonds is 4. The molecule has 0 amide bonds. The van der Waals surface area contributed by atoms with Crippen LogP contribution in [0.4, 0.5) is 0 Å². The first-order chi connectivity index (χ1) is 7.78. The fraction of sp³-hybridized carbons (Fsp3) is 0.750. The molecule has 0 aromatic carbocycles. The van der Waals surface area contributed by atoms with E-state index in [1.54, 1.807) is 0 Å². The Bertz CT molecular complexity index is 324. The van der Waals surface area contributed by atoms with E-state index in [9.17, 15) is 0 Å². The van der Waals surface area contributed by atoms with Gasteiger partial charge in [0.15, 0.2) is 0 Å². The summed E-state index contributed by atoms with van der Waals surface area (Å²) in [6.45, 7) is 5.57. The molecule has 4 heteroatoms. The van der Waals surface area contributed by atoms with E-state index < -0.39 is 0 Å². The molecule has 16 heavy (non-hydrogen) atoms. The van der Waals surface area contributed by atoms with Crippen molar-refractivity contribution in [3.63, 3.8) is 0 Å². The Morgan fingerprint density at radius 3 is 3.19 bits per heavy atom. The normalized spacial score (nSPS) is 22.5. The van der Waals surface area contributed by atoms with Gasteiger partial charge in [-0.3, -0.25) is 0 Å². The van der Waals surface area contributed by atoms with Gasteiger partial charge in [0.2, 0.25) is 0 Å². The summed E-state index contributed by atoms with van der Waals surface area (Å²) in [6, 6.07) is 0.658. The van der Waals surface area contributed by atoms with Gasteiger partial charge in [-0.25, -0.2) is 4.98 Å². The zero-order valence-corrected chi connectivity index (χ0v) is 11.0. The van der Waals surface area contributed by atoms with Gasteiger partial charge in [-0.15, -0.1) is 11.3 Å². The molecule has 0 radical (unpaired) electrons. The van der Waals surface area contributed by atoms with Gasteiger partial charge in [0.1, 0.15) is 0 Å². The SMILES string of the molecule is CCc1ncc(CNC2CCCN(C)C2)s1. The lowest BCUT2D eigenvalue weighted by Gasteiger charge is -2.30. The van der Waals surface area contributed by atoms with Gasteiger partial charge >= 0.3 is 0 Å². The maximum absolute atomic E-state index is 4.38. The summed E-state index contributed by atoms with van der Waals surface area (Å²) in [4.78, 5) is 8.16. The smallest absolute Gasteiger partial charge is 0.0925 e. The predicted molar refractivity (Wildman–Crippen MR) is 68.9 cm³/mol. The zero-order chi connectivity index (χ0) is 11.4. The van der Waals surface area contributed by atoms with Gasteiger partial charge in [-0.05, 0) is 32.9 Å². The molecule has 1 saturated heterocycles. The van der Waals surface area contributed by atoms with Gasteiger partial charge in [0, 0.05) is 30.2 Å². The van der Waals surface area contributed by atoms with Crippen LogP contribution in [-0.4, -0.2) is 36.1 Å².